The van der Waals surface area contributed by atoms with Crippen LogP contribution in [-0.4, -0.2) is 5.91 Å². The van der Waals surface area contributed by atoms with Crippen LogP contribution in [0.15, 0.2) is 42.5 Å². The summed E-state index contributed by atoms with van der Waals surface area (Å²) in [5.41, 5.74) is 6.48. The molecule has 0 aromatic heterocycles. The van der Waals surface area contributed by atoms with E-state index in [4.69, 9.17) is 10.6 Å². The predicted octanol–water partition coefficient (Wildman–Crippen LogP) is 2.41. The zero-order valence-electron chi connectivity index (χ0n) is 12.3. The van der Waals surface area contributed by atoms with Gasteiger partial charge in [-0.25, -0.2) is 5.84 Å². The lowest BCUT2D eigenvalue weighted by atomic mass is 10.1. The van der Waals surface area contributed by atoms with Crippen molar-refractivity contribution in [1.82, 2.24) is 5.43 Å². The first-order valence-electron chi connectivity index (χ1n) is 6.85. The van der Waals surface area contributed by atoms with E-state index in [0.29, 0.717) is 6.61 Å². The van der Waals surface area contributed by atoms with Gasteiger partial charge in [-0.05, 0) is 48.2 Å². The van der Waals surface area contributed by atoms with Crippen molar-refractivity contribution in [2.24, 2.45) is 5.84 Å². The normalized spacial score (nSPS) is 10.2. The topological polar surface area (TPSA) is 64.3 Å². The third-order valence-corrected chi connectivity index (χ3v) is 3.15. The third kappa shape index (κ3) is 4.61. The Morgan fingerprint density at radius 2 is 1.62 bits per heavy atom. The van der Waals surface area contributed by atoms with Crippen LogP contribution in [0.2, 0.25) is 0 Å². The Kier molecular flexibility index (Phi) is 4.95. The summed E-state index contributed by atoms with van der Waals surface area (Å²) in [5.74, 6) is 5.74. The van der Waals surface area contributed by atoms with Crippen molar-refractivity contribution in [3.05, 3.63) is 64.7 Å². The van der Waals surface area contributed by atoms with Gasteiger partial charge in [0.2, 0.25) is 5.91 Å². The molecule has 0 atom stereocenters. The molecular weight excluding hydrogens is 264 g/mol. The molecule has 21 heavy (non-hydrogen) atoms. The number of nitrogens with one attached hydrogen (secondary N) is 1. The molecule has 0 saturated carbocycles. The van der Waals surface area contributed by atoms with E-state index in [1.807, 2.05) is 36.4 Å². The minimum Gasteiger partial charge on any atom is -0.489 e. The second-order valence-corrected chi connectivity index (χ2v) is 5.17. The highest BCUT2D eigenvalue weighted by Gasteiger charge is 2.02. The molecule has 0 aliphatic rings. The van der Waals surface area contributed by atoms with Gasteiger partial charge in [0.15, 0.2) is 0 Å². The summed E-state index contributed by atoms with van der Waals surface area (Å²) >= 11 is 0. The molecule has 0 bridgehead atoms. The molecule has 0 radical (unpaired) electrons. The number of nitrogens with two attached hydrogens (primary N) is 1. The van der Waals surface area contributed by atoms with E-state index in [1.54, 1.807) is 0 Å². The molecule has 0 aliphatic carbocycles. The Morgan fingerprint density at radius 1 is 1.05 bits per heavy atom. The van der Waals surface area contributed by atoms with Crippen LogP contribution < -0.4 is 16.0 Å². The molecule has 2 aromatic rings. The van der Waals surface area contributed by atoms with E-state index < -0.39 is 0 Å². The second kappa shape index (κ2) is 6.90. The lowest BCUT2D eigenvalue weighted by Gasteiger charge is -2.09. The highest BCUT2D eigenvalue weighted by molar-refractivity contribution is 5.77. The summed E-state index contributed by atoms with van der Waals surface area (Å²) in [6.07, 6.45) is 0.286. The second-order valence-electron chi connectivity index (χ2n) is 5.17. The number of aryl methyl sites for hydroxylation is 2. The number of hydrogen-bond acceptors (Lipinski definition) is 3. The van der Waals surface area contributed by atoms with Crippen molar-refractivity contribution in [3.63, 3.8) is 0 Å². The molecule has 1 amide bonds. The van der Waals surface area contributed by atoms with E-state index in [-0.39, 0.29) is 12.3 Å². The molecule has 0 fully saturated rings. The molecule has 2 aromatic carbocycles. The molecule has 0 spiro atoms. The maximum absolute atomic E-state index is 11.2. The van der Waals surface area contributed by atoms with Crippen LogP contribution in [0.4, 0.5) is 0 Å². The van der Waals surface area contributed by atoms with Crippen molar-refractivity contribution in [1.29, 1.82) is 0 Å². The van der Waals surface area contributed by atoms with Gasteiger partial charge in [-0.2, -0.15) is 0 Å². The van der Waals surface area contributed by atoms with Crippen LogP contribution in [0.5, 0.6) is 5.75 Å². The molecule has 4 heteroatoms. The number of benzene rings is 2. The predicted molar refractivity (Wildman–Crippen MR) is 82.7 cm³/mol. The van der Waals surface area contributed by atoms with Gasteiger partial charge in [0.25, 0.3) is 0 Å². The summed E-state index contributed by atoms with van der Waals surface area (Å²) in [6.45, 7) is 4.61. The smallest absolute Gasteiger partial charge is 0.238 e. The Balaban J connectivity index is 1.95. The van der Waals surface area contributed by atoms with Crippen LogP contribution in [0, 0.1) is 13.8 Å². The lowest BCUT2D eigenvalue weighted by molar-refractivity contribution is -0.120. The largest absolute Gasteiger partial charge is 0.489 e. The van der Waals surface area contributed by atoms with E-state index >= 15 is 0 Å². The molecule has 110 valence electrons. The standard InChI is InChI=1S/C17H20N2O2/c1-12-7-13(2)9-16(8-12)21-11-15-5-3-14(4-6-15)10-17(20)19-18/h3-9H,10-11,18H2,1-2H3,(H,19,20). The highest BCUT2D eigenvalue weighted by Crippen LogP contribution is 2.18. The lowest BCUT2D eigenvalue weighted by Crippen LogP contribution is -2.31. The zero-order chi connectivity index (χ0) is 15.2. The van der Waals surface area contributed by atoms with E-state index in [2.05, 4.69) is 25.3 Å². The van der Waals surface area contributed by atoms with E-state index in [9.17, 15) is 4.79 Å². The Labute approximate surface area is 124 Å². The van der Waals surface area contributed by atoms with E-state index in [1.165, 1.54) is 11.1 Å². The van der Waals surface area contributed by atoms with Gasteiger partial charge in [0, 0.05) is 0 Å². The number of carbonyl (C=O) groups is 1. The minimum atomic E-state index is -0.200. The first-order valence-corrected chi connectivity index (χ1v) is 6.85. The van der Waals surface area contributed by atoms with Gasteiger partial charge >= 0.3 is 0 Å². The number of hydrazine groups is 1. The minimum absolute atomic E-state index is 0.200. The highest BCUT2D eigenvalue weighted by atomic mass is 16.5. The fourth-order valence-corrected chi connectivity index (χ4v) is 2.17. The van der Waals surface area contributed by atoms with Crippen LogP contribution in [0.25, 0.3) is 0 Å². The van der Waals surface area contributed by atoms with Crippen LogP contribution in [0.3, 0.4) is 0 Å². The monoisotopic (exact) mass is 284 g/mol. The number of carbonyl (C=O) groups excluding carboxylic acids is 1. The summed E-state index contributed by atoms with van der Waals surface area (Å²) in [7, 11) is 0. The number of rotatable bonds is 5. The van der Waals surface area contributed by atoms with Crippen LogP contribution >= 0.6 is 0 Å². The molecule has 4 nitrogen and oxygen atoms in total. The van der Waals surface area contributed by atoms with Crippen molar-refractivity contribution in [2.75, 3.05) is 0 Å². The van der Waals surface area contributed by atoms with E-state index in [0.717, 1.165) is 16.9 Å². The van der Waals surface area contributed by atoms with Crippen LogP contribution in [-0.2, 0) is 17.8 Å². The fourth-order valence-electron chi connectivity index (χ4n) is 2.17. The van der Waals surface area contributed by atoms with Crippen molar-refractivity contribution in [2.45, 2.75) is 26.9 Å². The maximum atomic E-state index is 11.2. The molecule has 0 aliphatic heterocycles. The Morgan fingerprint density at radius 3 is 2.19 bits per heavy atom. The molecule has 0 heterocycles. The molecule has 3 N–H and O–H groups in total. The van der Waals surface area contributed by atoms with Gasteiger partial charge in [-0.1, -0.05) is 30.3 Å². The molecule has 0 saturated heterocycles. The van der Waals surface area contributed by atoms with Crippen molar-refractivity contribution >= 4 is 5.91 Å². The maximum Gasteiger partial charge on any atom is 0.238 e. The molecule has 2 rings (SSSR count). The Hall–Kier alpha value is -2.33. The summed E-state index contributed by atoms with van der Waals surface area (Å²) in [6, 6.07) is 13.9. The average Bonchev–Trinajstić information content (AvgIpc) is 2.45. The van der Waals surface area contributed by atoms with Gasteiger partial charge in [-0.3, -0.25) is 10.2 Å². The summed E-state index contributed by atoms with van der Waals surface area (Å²) in [5, 5.41) is 0. The van der Waals surface area contributed by atoms with Gasteiger partial charge in [-0.15, -0.1) is 0 Å². The quantitative estimate of drug-likeness (QED) is 0.503. The van der Waals surface area contributed by atoms with Gasteiger partial charge < -0.3 is 4.74 Å². The molecular formula is C17H20N2O2. The van der Waals surface area contributed by atoms with Crippen molar-refractivity contribution < 1.29 is 9.53 Å². The fraction of sp³-hybridized carbons (Fsp3) is 0.235. The number of amides is 1. The first-order chi connectivity index (χ1) is 10.1. The zero-order valence-corrected chi connectivity index (χ0v) is 12.3. The van der Waals surface area contributed by atoms with Gasteiger partial charge in [0.1, 0.15) is 12.4 Å². The SMILES string of the molecule is Cc1cc(C)cc(OCc2ccc(CC(=O)NN)cc2)c1. The average molecular weight is 284 g/mol. The number of ether oxygens (including phenoxy) is 1. The number of hydrogen-bond donors (Lipinski definition) is 2. The first kappa shape index (κ1) is 15.1. The third-order valence-electron chi connectivity index (χ3n) is 3.15. The van der Waals surface area contributed by atoms with Crippen molar-refractivity contribution in [3.8, 4) is 5.75 Å². The molecule has 0 unspecified atom stereocenters. The Bertz CT molecular complexity index is 601. The summed E-state index contributed by atoms with van der Waals surface area (Å²) in [4.78, 5) is 11.2. The van der Waals surface area contributed by atoms with Gasteiger partial charge in [0.05, 0.1) is 6.42 Å². The summed E-state index contributed by atoms with van der Waals surface area (Å²) < 4.78 is 5.80. The van der Waals surface area contributed by atoms with Crippen LogP contribution in [0.1, 0.15) is 22.3 Å².